The predicted octanol–water partition coefficient (Wildman–Crippen LogP) is -0.940. The number of oxime groups is 1. The molecule has 0 unspecified atom stereocenters. The zero-order valence-corrected chi connectivity index (χ0v) is 9.85. The molecule has 0 heterocycles. The highest BCUT2D eigenvalue weighted by Crippen LogP contribution is 2.15. The number of carboxylic acids is 1. The minimum atomic E-state index is -1.14. The highest BCUT2D eigenvalue weighted by molar-refractivity contribution is 5.68. The standard InChI is InChI=1S/C10H19NO6/c1-6(3-11-17-5-9(14)15)10(16)7(2)8(13)4-12/h3,6-8,10,12-13,16H,4-5H2,1-2H3,(H,14,15)/b11-3+/t6-,7-,8-,10+/m1/s1. The first-order valence-electron chi connectivity index (χ1n) is 5.24. The van der Waals surface area contributed by atoms with Crippen molar-refractivity contribution in [1.29, 1.82) is 0 Å². The topological polar surface area (TPSA) is 120 Å². The minimum absolute atomic E-state index is 0.431. The van der Waals surface area contributed by atoms with Crippen LogP contribution in [-0.2, 0) is 9.63 Å². The number of carboxylic acid groups (broad SMARTS) is 1. The molecule has 4 atom stereocenters. The number of aliphatic hydroxyl groups is 3. The fraction of sp³-hybridized carbons (Fsp3) is 0.800. The van der Waals surface area contributed by atoms with Crippen LogP contribution in [0.25, 0.3) is 0 Å². The second-order valence-electron chi connectivity index (χ2n) is 3.88. The monoisotopic (exact) mass is 249 g/mol. The van der Waals surface area contributed by atoms with E-state index in [0.717, 1.165) is 0 Å². The van der Waals surface area contributed by atoms with Gasteiger partial charge in [0.25, 0.3) is 0 Å². The molecule has 0 aliphatic carbocycles. The molecule has 100 valence electrons. The van der Waals surface area contributed by atoms with Crippen LogP contribution in [0.15, 0.2) is 5.16 Å². The summed E-state index contributed by atoms with van der Waals surface area (Å²) in [5.74, 6) is -2.10. The molecule has 7 nitrogen and oxygen atoms in total. The van der Waals surface area contributed by atoms with Gasteiger partial charge in [-0.1, -0.05) is 19.0 Å². The Morgan fingerprint density at radius 3 is 2.47 bits per heavy atom. The highest BCUT2D eigenvalue weighted by atomic mass is 16.6. The van der Waals surface area contributed by atoms with Gasteiger partial charge in [-0.05, 0) is 0 Å². The number of aliphatic carboxylic acids is 1. The second-order valence-corrected chi connectivity index (χ2v) is 3.88. The van der Waals surface area contributed by atoms with Gasteiger partial charge in [0.2, 0.25) is 6.61 Å². The summed E-state index contributed by atoms with van der Waals surface area (Å²) in [7, 11) is 0. The number of hydrogen-bond donors (Lipinski definition) is 4. The molecule has 0 saturated heterocycles. The van der Waals surface area contributed by atoms with Crippen molar-refractivity contribution < 1.29 is 30.1 Å². The maximum Gasteiger partial charge on any atom is 0.344 e. The first-order valence-corrected chi connectivity index (χ1v) is 5.24. The molecule has 0 radical (unpaired) electrons. The van der Waals surface area contributed by atoms with Gasteiger partial charge in [0, 0.05) is 18.1 Å². The summed E-state index contributed by atoms with van der Waals surface area (Å²) < 4.78 is 0. The maximum absolute atomic E-state index is 10.1. The van der Waals surface area contributed by atoms with E-state index in [1.54, 1.807) is 13.8 Å². The van der Waals surface area contributed by atoms with Gasteiger partial charge < -0.3 is 25.3 Å². The third-order valence-electron chi connectivity index (χ3n) is 2.43. The molecular formula is C10H19NO6. The molecule has 7 heteroatoms. The quantitative estimate of drug-likeness (QED) is 0.325. The molecule has 17 heavy (non-hydrogen) atoms. The van der Waals surface area contributed by atoms with E-state index in [4.69, 9.17) is 10.2 Å². The highest BCUT2D eigenvalue weighted by Gasteiger charge is 2.25. The van der Waals surface area contributed by atoms with Crippen LogP contribution in [-0.4, -0.2) is 58.0 Å². The van der Waals surface area contributed by atoms with Crippen LogP contribution in [0.5, 0.6) is 0 Å². The van der Waals surface area contributed by atoms with E-state index in [0.29, 0.717) is 0 Å². The molecule has 0 aromatic rings. The van der Waals surface area contributed by atoms with Gasteiger partial charge in [0.15, 0.2) is 0 Å². The van der Waals surface area contributed by atoms with Crippen molar-refractivity contribution in [3.05, 3.63) is 0 Å². The van der Waals surface area contributed by atoms with E-state index in [1.165, 1.54) is 6.21 Å². The average Bonchev–Trinajstić information content (AvgIpc) is 2.31. The van der Waals surface area contributed by atoms with Gasteiger partial charge >= 0.3 is 5.97 Å². The fourth-order valence-electron chi connectivity index (χ4n) is 1.19. The lowest BCUT2D eigenvalue weighted by molar-refractivity contribution is -0.142. The zero-order valence-electron chi connectivity index (χ0n) is 9.85. The van der Waals surface area contributed by atoms with E-state index in [2.05, 4.69) is 9.99 Å². The Labute approximate surface area is 99.3 Å². The summed E-state index contributed by atoms with van der Waals surface area (Å²) in [5.41, 5.74) is 0. The molecule has 0 bridgehead atoms. The lowest BCUT2D eigenvalue weighted by Crippen LogP contribution is -2.36. The Morgan fingerprint density at radius 2 is 2.00 bits per heavy atom. The van der Waals surface area contributed by atoms with Crippen LogP contribution in [0.2, 0.25) is 0 Å². The van der Waals surface area contributed by atoms with Crippen molar-refractivity contribution >= 4 is 12.2 Å². The predicted molar refractivity (Wildman–Crippen MR) is 59.5 cm³/mol. The Morgan fingerprint density at radius 1 is 1.41 bits per heavy atom. The fourth-order valence-corrected chi connectivity index (χ4v) is 1.19. The third kappa shape index (κ3) is 6.20. The molecule has 0 aliphatic heterocycles. The van der Waals surface area contributed by atoms with Crippen LogP contribution in [0.4, 0.5) is 0 Å². The molecule has 0 rings (SSSR count). The molecule has 0 aromatic carbocycles. The first-order chi connectivity index (χ1) is 7.90. The first kappa shape index (κ1) is 15.8. The maximum atomic E-state index is 10.1. The summed E-state index contributed by atoms with van der Waals surface area (Å²) in [4.78, 5) is 14.5. The molecule has 0 spiro atoms. The lowest BCUT2D eigenvalue weighted by atomic mass is 9.90. The molecule has 0 amide bonds. The summed E-state index contributed by atoms with van der Waals surface area (Å²) >= 11 is 0. The smallest absolute Gasteiger partial charge is 0.344 e. The van der Waals surface area contributed by atoms with E-state index in [-0.39, 0.29) is 0 Å². The van der Waals surface area contributed by atoms with Crippen LogP contribution in [0, 0.1) is 11.8 Å². The van der Waals surface area contributed by atoms with Crippen molar-refractivity contribution in [2.24, 2.45) is 17.0 Å². The number of carbonyl (C=O) groups is 1. The van der Waals surface area contributed by atoms with Gasteiger partial charge in [0.1, 0.15) is 0 Å². The normalized spacial score (nSPS) is 18.6. The summed E-state index contributed by atoms with van der Waals surface area (Å²) in [6, 6.07) is 0. The number of aliphatic hydroxyl groups excluding tert-OH is 3. The van der Waals surface area contributed by atoms with Gasteiger partial charge in [-0.25, -0.2) is 4.79 Å². The molecule has 4 N–H and O–H groups in total. The molecule has 0 fully saturated rings. The van der Waals surface area contributed by atoms with E-state index in [1.807, 2.05) is 0 Å². The van der Waals surface area contributed by atoms with Crippen LogP contribution < -0.4 is 0 Å². The molecule has 0 aromatic heterocycles. The van der Waals surface area contributed by atoms with Crippen molar-refractivity contribution in [2.45, 2.75) is 26.1 Å². The third-order valence-corrected chi connectivity index (χ3v) is 2.43. The Hall–Kier alpha value is -1.18. The van der Waals surface area contributed by atoms with Crippen LogP contribution in [0.1, 0.15) is 13.8 Å². The van der Waals surface area contributed by atoms with Crippen LogP contribution >= 0.6 is 0 Å². The molecular weight excluding hydrogens is 230 g/mol. The Bertz CT molecular complexity index is 257. The molecule has 0 aliphatic rings. The number of hydrogen-bond acceptors (Lipinski definition) is 6. The van der Waals surface area contributed by atoms with E-state index >= 15 is 0 Å². The van der Waals surface area contributed by atoms with Gasteiger partial charge in [-0.15, -0.1) is 0 Å². The van der Waals surface area contributed by atoms with Crippen LogP contribution in [0.3, 0.4) is 0 Å². The largest absolute Gasteiger partial charge is 0.479 e. The second kappa shape index (κ2) is 7.99. The van der Waals surface area contributed by atoms with Gasteiger partial charge in [-0.3, -0.25) is 0 Å². The lowest BCUT2D eigenvalue weighted by Gasteiger charge is -2.25. The zero-order chi connectivity index (χ0) is 13.4. The van der Waals surface area contributed by atoms with Crippen molar-refractivity contribution in [3.63, 3.8) is 0 Å². The SMILES string of the molecule is C[C@@H]([C@@H](O)[C@H](C)/C=N/OCC(=O)O)[C@H](O)CO. The summed E-state index contributed by atoms with van der Waals surface area (Å²) in [6.07, 6.45) is -0.663. The van der Waals surface area contributed by atoms with E-state index < -0.39 is 43.2 Å². The van der Waals surface area contributed by atoms with Crippen molar-refractivity contribution in [2.75, 3.05) is 13.2 Å². The average molecular weight is 249 g/mol. The Balaban J connectivity index is 4.12. The Kier molecular flexibility index (Phi) is 7.44. The summed E-state index contributed by atoms with van der Waals surface area (Å²) in [6.45, 7) is 2.25. The minimum Gasteiger partial charge on any atom is -0.479 e. The van der Waals surface area contributed by atoms with Crippen molar-refractivity contribution in [1.82, 2.24) is 0 Å². The summed E-state index contributed by atoms with van der Waals surface area (Å²) in [5, 5.41) is 39.5. The molecule has 0 saturated carbocycles. The van der Waals surface area contributed by atoms with Gasteiger partial charge in [0.05, 0.1) is 18.8 Å². The van der Waals surface area contributed by atoms with Gasteiger partial charge in [-0.2, -0.15) is 0 Å². The van der Waals surface area contributed by atoms with Crippen molar-refractivity contribution in [3.8, 4) is 0 Å². The van der Waals surface area contributed by atoms with E-state index in [9.17, 15) is 15.0 Å². The number of nitrogens with zero attached hydrogens (tertiary/aromatic N) is 1. The number of rotatable bonds is 8.